The molecule has 1 aliphatic rings. The number of amides is 10. The number of rotatable bonds is 25. The van der Waals surface area contributed by atoms with Crippen LogP contribution in [0.2, 0.25) is 0 Å². The van der Waals surface area contributed by atoms with E-state index in [0.717, 1.165) is 5.56 Å². The highest BCUT2D eigenvalue weighted by Crippen LogP contribution is 2.18. The fraction of sp³-hybridized carbons (Fsp3) is 0.526. The molecule has 1 aromatic heterocycles. The average molecular weight is 1200 g/mol. The fourth-order valence-corrected chi connectivity index (χ4v) is 9.14. The lowest BCUT2D eigenvalue weighted by atomic mass is 10.00. The third-order valence-electron chi connectivity index (χ3n) is 13.9. The van der Waals surface area contributed by atoms with E-state index in [-0.39, 0.29) is 77.2 Å². The molecule has 2 heterocycles. The number of aromatic nitrogens is 1. The summed E-state index contributed by atoms with van der Waals surface area (Å²) in [6, 6.07) is 7.11. The number of aliphatic hydroxyl groups excluding tert-OH is 2. The van der Waals surface area contributed by atoms with E-state index < -0.39 is 152 Å². The zero-order chi connectivity index (χ0) is 63.3. The Bertz CT molecular complexity index is 2710. The average Bonchev–Trinajstić information content (AvgIpc) is 3.33. The minimum Gasteiger partial charge on any atom is -0.394 e. The van der Waals surface area contributed by atoms with Crippen molar-refractivity contribution >= 4 is 59.1 Å². The minimum atomic E-state index is -1.68. The molecule has 11 atom stereocenters. The highest BCUT2D eigenvalue weighted by molar-refractivity contribution is 5.99. The van der Waals surface area contributed by atoms with Crippen LogP contribution in [0.5, 0.6) is 0 Å². The van der Waals surface area contributed by atoms with Crippen LogP contribution in [0.1, 0.15) is 75.2 Å². The summed E-state index contributed by atoms with van der Waals surface area (Å²) in [5.41, 5.74) is 31.8. The Kier molecular flexibility index (Phi) is 30.1. The van der Waals surface area contributed by atoms with Crippen molar-refractivity contribution in [2.45, 2.75) is 132 Å². The first-order valence-electron chi connectivity index (χ1n) is 28.8. The summed E-state index contributed by atoms with van der Waals surface area (Å²) in [7, 11) is 0. The van der Waals surface area contributed by atoms with Gasteiger partial charge in [0.05, 0.1) is 18.4 Å². The van der Waals surface area contributed by atoms with E-state index in [0.29, 0.717) is 16.8 Å². The molecular weight excluding hydrogens is 1110 g/mol. The van der Waals surface area contributed by atoms with Crippen molar-refractivity contribution in [2.24, 2.45) is 34.6 Å². The second-order valence-electron chi connectivity index (χ2n) is 21.2. The standard InChI is InChI=1S/C57H87N17O12/c1-32(2)26-43-53(82)69-38(15-21-59)49(78)68-40(17-23-61)52(81)74-47(33(3)76)57(86)64-25-19-41(51(80)67-39(16-22-60)50(79)72-44(54(83)71-43)27-34-10-6-4-7-11-34)70-55(84)45(29-62)73-56(85)46(31-75)65-30-37(14-20-58)66-48(77)36-18-24-63-42(28-36)35-12-8-5-9-13-35/h4-13,18,24,28,32-33,37-41,43-47,65,75-76H,14-17,19-23,25-27,29-31,58-62H2,1-3H3,(H,64,86)(H,66,77)(H,67,80)(H,68,78)(H,69,82)(H,70,84)(H,71,83)(H,72,79)(H,73,85)(H,74,81). The predicted molar refractivity (Wildman–Crippen MR) is 318 cm³/mol. The molecule has 3 aromatic rings. The molecule has 86 heavy (non-hydrogen) atoms. The zero-order valence-corrected chi connectivity index (χ0v) is 48.9. The first-order chi connectivity index (χ1) is 41.2. The topological polar surface area (TPSA) is 486 Å². The number of aliphatic hydroxyl groups is 2. The molecule has 0 spiro atoms. The van der Waals surface area contributed by atoms with Crippen molar-refractivity contribution in [2.75, 3.05) is 52.4 Å². The minimum absolute atomic E-state index is 0.0513. The van der Waals surface area contributed by atoms with Crippen molar-refractivity contribution in [3.05, 3.63) is 90.1 Å². The van der Waals surface area contributed by atoms with Gasteiger partial charge < -0.3 is 97.4 Å². The molecular formula is C57H87N17O12. The number of hydrogen-bond acceptors (Lipinski definition) is 19. The van der Waals surface area contributed by atoms with Gasteiger partial charge in [0, 0.05) is 49.4 Å². The quantitative estimate of drug-likeness (QED) is 0.0376. The molecule has 0 aliphatic carbocycles. The lowest BCUT2D eigenvalue weighted by Crippen LogP contribution is -2.61. The lowest BCUT2D eigenvalue weighted by Gasteiger charge is -2.28. The number of carbonyl (C=O) groups excluding carboxylic acids is 10. The molecule has 0 saturated carbocycles. The molecule has 0 bridgehead atoms. The Morgan fingerprint density at radius 2 is 1.16 bits per heavy atom. The second-order valence-corrected chi connectivity index (χ2v) is 21.2. The number of benzene rings is 2. The second kappa shape index (κ2) is 36.7. The number of pyridine rings is 1. The van der Waals surface area contributed by atoms with Crippen LogP contribution in [0.3, 0.4) is 0 Å². The van der Waals surface area contributed by atoms with Gasteiger partial charge in [0.15, 0.2) is 0 Å². The van der Waals surface area contributed by atoms with Crippen LogP contribution in [0.4, 0.5) is 0 Å². The Hall–Kier alpha value is -8.03. The van der Waals surface area contributed by atoms with Crippen molar-refractivity contribution in [1.82, 2.24) is 63.5 Å². The van der Waals surface area contributed by atoms with Crippen LogP contribution in [0.15, 0.2) is 79.0 Å². The van der Waals surface area contributed by atoms with Crippen molar-refractivity contribution < 1.29 is 58.2 Å². The molecule has 1 saturated heterocycles. The Labute approximate surface area is 499 Å². The molecule has 1 fully saturated rings. The summed E-state index contributed by atoms with van der Waals surface area (Å²) in [4.78, 5) is 145. The SMILES string of the molecule is CC(C)CC1NC(=O)C(Cc2ccccc2)NC(=O)C(CCN)NC(=O)C(NC(=O)C(CN)NC(=O)C(CO)NCC(CCN)NC(=O)c2ccnc(-c3ccccc3)c2)CCNC(=O)C(C(C)O)NC(=O)C(CCN)NC(=O)C(CCN)NC1=O. The summed E-state index contributed by atoms with van der Waals surface area (Å²) in [5.74, 6) is -8.92. The van der Waals surface area contributed by atoms with Gasteiger partial charge in [0.1, 0.15) is 54.4 Å². The third kappa shape index (κ3) is 22.8. The molecule has 23 N–H and O–H groups in total. The van der Waals surface area contributed by atoms with E-state index in [1.807, 2.05) is 30.3 Å². The van der Waals surface area contributed by atoms with E-state index in [9.17, 15) is 58.2 Å². The molecule has 4 rings (SSSR count). The summed E-state index contributed by atoms with van der Waals surface area (Å²) in [6.07, 6.45) is -0.818. The molecule has 29 heteroatoms. The largest absolute Gasteiger partial charge is 0.394 e. The lowest BCUT2D eigenvalue weighted by molar-refractivity contribution is -0.136. The van der Waals surface area contributed by atoms with E-state index in [1.54, 1.807) is 50.2 Å². The van der Waals surface area contributed by atoms with Gasteiger partial charge in [0.2, 0.25) is 53.2 Å². The summed E-state index contributed by atoms with van der Waals surface area (Å²) >= 11 is 0. The van der Waals surface area contributed by atoms with Crippen LogP contribution in [-0.4, -0.2) is 193 Å². The summed E-state index contributed by atoms with van der Waals surface area (Å²) in [6.45, 7) is 2.63. The van der Waals surface area contributed by atoms with Crippen LogP contribution in [0.25, 0.3) is 11.3 Å². The van der Waals surface area contributed by atoms with E-state index in [4.69, 9.17) is 28.7 Å². The molecule has 10 amide bonds. The summed E-state index contributed by atoms with van der Waals surface area (Å²) in [5, 5.41) is 49.9. The monoisotopic (exact) mass is 1200 g/mol. The number of nitrogens with zero attached hydrogens (tertiary/aromatic N) is 1. The van der Waals surface area contributed by atoms with Gasteiger partial charge in [-0.05, 0) is 95.2 Å². The zero-order valence-electron chi connectivity index (χ0n) is 48.9. The highest BCUT2D eigenvalue weighted by atomic mass is 16.3. The first kappa shape index (κ1) is 70.5. The predicted octanol–water partition coefficient (Wildman–Crippen LogP) is -5.78. The molecule has 1 aliphatic heterocycles. The van der Waals surface area contributed by atoms with Crippen molar-refractivity contribution in [1.29, 1.82) is 0 Å². The van der Waals surface area contributed by atoms with Gasteiger partial charge in [-0.2, -0.15) is 0 Å². The van der Waals surface area contributed by atoms with Gasteiger partial charge in [0.25, 0.3) is 5.91 Å². The van der Waals surface area contributed by atoms with E-state index >= 15 is 0 Å². The Morgan fingerprint density at radius 1 is 0.628 bits per heavy atom. The number of carbonyl (C=O) groups is 10. The molecule has 29 nitrogen and oxygen atoms in total. The van der Waals surface area contributed by atoms with Crippen LogP contribution in [0, 0.1) is 5.92 Å². The van der Waals surface area contributed by atoms with Gasteiger partial charge in [-0.1, -0.05) is 74.5 Å². The van der Waals surface area contributed by atoms with Crippen LogP contribution >= 0.6 is 0 Å². The normalized spacial score (nSPS) is 22.0. The number of nitrogens with two attached hydrogens (primary N) is 5. The van der Waals surface area contributed by atoms with Gasteiger partial charge in [-0.25, -0.2) is 0 Å². The molecule has 0 radical (unpaired) electrons. The Morgan fingerprint density at radius 3 is 1.71 bits per heavy atom. The van der Waals surface area contributed by atoms with Gasteiger partial charge in [-0.15, -0.1) is 0 Å². The smallest absolute Gasteiger partial charge is 0.251 e. The number of hydrogen-bond donors (Lipinski definition) is 18. The first-order valence-corrected chi connectivity index (χ1v) is 28.8. The maximum Gasteiger partial charge on any atom is 0.251 e. The molecule has 11 unspecified atom stereocenters. The van der Waals surface area contributed by atoms with Crippen molar-refractivity contribution in [3.63, 3.8) is 0 Å². The van der Waals surface area contributed by atoms with Crippen LogP contribution < -0.4 is 87.2 Å². The third-order valence-corrected chi connectivity index (χ3v) is 13.9. The van der Waals surface area contributed by atoms with Gasteiger partial charge in [-0.3, -0.25) is 52.9 Å². The maximum absolute atomic E-state index is 14.5. The summed E-state index contributed by atoms with van der Waals surface area (Å²) < 4.78 is 0. The highest BCUT2D eigenvalue weighted by Gasteiger charge is 2.36. The van der Waals surface area contributed by atoms with Crippen LogP contribution in [-0.2, 0) is 49.6 Å². The maximum atomic E-state index is 14.5. The number of nitrogens with one attached hydrogen (secondary N) is 11. The van der Waals surface area contributed by atoms with E-state index in [2.05, 4.69) is 63.5 Å². The van der Waals surface area contributed by atoms with Crippen molar-refractivity contribution in [3.8, 4) is 11.3 Å². The van der Waals surface area contributed by atoms with Gasteiger partial charge >= 0.3 is 0 Å². The molecule has 2 aromatic carbocycles. The molecule has 472 valence electrons. The van der Waals surface area contributed by atoms with E-state index in [1.165, 1.54) is 19.2 Å². The fourth-order valence-electron chi connectivity index (χ4n) is 9.14. The Balaban J connectivity index is 1.65.